The molecule has 0 saturated heterocycles. The van der Waals surface area contributed by atoms with Crippen LogP contribution in [0.3, 0.4) is 0 Å². The summed E-state index contributed by atoms with van der Waals surface area (Å²) in [6, 6.07) is 0. The molecule has 0 N–H and O–H groups in total. The van der Waals surface area contributed by atoms with Crippen LogP contribution in [0.15, 0.2) is 0 Å². The predicted octanol–water partition coefficient (Wildman–Crippen LogP) is 0.705. The van der Waals surface area contributed by atoms with Gasteiger partial charge in [-0.25, -0.2) is 0 Å². The standard InChI is InChI=1S/C8H17Br3N.BrH/c1-4-12(5-2,6-3)7-8(9,10)11;/h4-7H2,1-3H3;1H/q+1;/p-1. The third-order valence-electron chi connectivity index (χ3n) is 2.53. The Morgan fingerprint density at radius 1 is 0.923 bits per heavy atom. The highest BCUT2D eigenvalue weighted by Crippen LogP contribution is 2.36. The zero-order valence-corrected chi connectivity index (χ0v) is 14.6. The first-order chi connectivity index (χ1) is 5.39. The lowest BCUT2D eigenvalue weighted by molar-refractivity contribution is -0.922. The molecule has 5 heteroatoms. The van der Waals surface area contributed by atoms with Crippen LogP contribution in [-0.2, 0) is 0 Å². The molecule has 13 heavy (non-hydrogen) atoms. The zero-order valence-electron chi connectivity index (χ0n) is 8.29. The van der Waals surface area contributed by atoms with E-state index in [0.717, 1.165) is 11.0 Å². The molecule has 0 aromatic carbocycles. The van der Waals surface area contributed by atoms with Gasteiger partial charge in [0.15, 0.2) is 2.14 Å². The second kappa shape index (κ2) is 7.20. The third-order valence-corrected chi connectivity index (χ3v) is 3.28. The number of alkyl halides is 3. The second-order valence-electron chi connectivity index (χ2n) is 3.06. The average molecular weight is 447 g/mol. The van der Waals surface area contributed by atoms with Crippen molar-refractivity contribution in [2.45, 2.75) is 22.9 Å². The fourth-order valence-corrected chi connectivity index (χ4v) is 2.98. The number of hydrogen-bond donors (Lipinski definition) is 0. The molecule has 0 aliphatic heterocycles. The van der Waals surface area contributed by atoms with Crippen LogP contribution >= 0.6 is 47.8 Å². The first-order valence-corrected chi connectivity index (χ1v) is 6.69. The summed E-state index contributed by atoms with van der Waals surface area (Å²) in [4.78, 5) is 0. The van der Waals surface area contributed by atoms with E-state index < -0.39 is 0 Å². The summed E-state index contributed by atoms with van der Waals surface area (Å²) in [5.41, 5.74) is 0. The molecule has 0 radical (unpaired) electrons. The van der Waals surface area contributed by atoms with Gasteiger partial charge >= 0.3 is 0 Å². The summed E-state index contributed by atoms with van der Waals surface area (Å²) < 4.78 is 1.02. The highest BCUT2D eigenvalue weighted by Gasteiger charge is 2.32. The molecule has 0 rings (SSSR count). The normalized spacial score (nSPS) is 12.5. The summed E-state index contributed by atoms with van der Waals surface area (Å²) in [6.45, 7) is 11.3. The lowest BCUT2D eigenvalue weighted by atomic mass is 10.3. The van der Waals surface area contributed by atoms with Crippen molar-refractivity contribution in [3.63, 3.8) is 0 Å². The Bertz CT molecular complexity index is 120. The minimum absolute atomic E-state index is 0. The van der Waals surface area contributed by atoms with Crippen LogP contribution in [0, 0.1) is 0 Å². The molecule has 0 fully saturated rings. The molecule has 0 bridgehead atoms. The largest absolute Gasteiger partial charge is 1.00 e. The fourth-order valence-electron chi connectivity index (χ4n) is 1.39. The summed E-state index contributed by atoms with van der Waals surface area (Å²) in [6.07, 6.45) is 0. The Hall–Kier alpha value is 1.88. The van der Waals surface area contributed by atoms with Crippen LogP contribution < -0.4 is 17.0 Å². The molecule has 0 aliphatic rings. The predicted molar refractivity (Wildman–Crippen MR) is 66.3 cm³/mol. The van der Waals surface area contributed by atoms with Crippen molar-refractivity contribution in [1.82, 2.24) is 0 Å². The number of nitrogens with zero attached hydrogens (tertiary/aromatic N) is 1. The van der Waals surface area contributed by atoms with Crippen LogP contribution in [0.4, 0.5) is 0 Å². The molecule has 0 aliphatic carbocycles. The van der Waals surface area contributed by atoms with Gasteiger partial charge in [0.1, 0.15) is 6.54 Å². The van der Waals surface area contributed by atoms with Gasteiger partial charge in [0.2, 0.25) is 0 Å². The van der Waals surface area contributed by atoms with Crippen LogP contribution in [0.5, 0.6) is 0 Å². The minimum Gasteiger partial charge on any atom is -1.00 e. The SMILES string of the molecule is CC[N+](CC)(CC)CC(Br)(Br)Br.[Br-]. The van der Waals surface area contributed by atoms with Gasteiger partial charge in [-0.3, -0.25) is 0 Å². The van der Waals surface area contributed by atoms with E-state index >= 15 is 0 Å². The van der Waals surface area contributed by atoms with E-state index in [1.165, 1.54) is 19.6 Å². The van der Waals surface area contributed by atoms with Gasteiger partial charge in [0.05, 0.1) is 19.6 Å². The molecule has 0 aromatic heterocycles. The van der Waals surface area contributed by atoms with Gasteiger partial charge in [0, 0.05) is 0 Å². The van der Waals surface area contributed by atoms with Crippen LogP contribution in [0.25, 0.3) is 0 Å². The van der Waals surface area contributed by atoms with Crippen molar-refractivity contribution in [3.8, 4) is 0 Å². The average Bonchev–Trinajstić information content (AvgIpc) is 1.99. The lowest BCUT2D eigenvalue weighted by Crippen LogP contribution is -3.00. The van der Waals surface area contributed by atoms with Gasteiger partial charge in [-0.2, -0.15) is 0 Å². The van der Waals surface area contributed by atoms with Gasteiger partial charge < -0.3 is 21.5 Å². The van der Waals surface area contributed by atoms with Crippen LogP contribution in [-0.4, -0.2) is 32.8 Å². The lowest BCUT2D eigenvalue weighted by Gasteiger charge is -2.38. The Morgan fingerprint density at radius 2 is 1.23 bits per heavy atom. The van der Waals surface area contributed by atoms with Crippen molar-refractivity contribution >= 4 is 47.8 Å². The number of rotatable bonds is 4. The minimum atomic E-state index is -0.102. The summed E-state index contributed by atoms with van der Waals surface area (Å²) in [5, 5.41) is 0. The number of quaternary nitrogens is 1. The maximum atomic E-state index is 3.55. The molecular formula is C8H17Br4N. The molecule has 0 aromatic rings. The first kappa shape index (κ1) is 17.3. The molecule has 82 valence electrons. The van der Waals surface area contributed by atoms with E-state index in [9.17, 15) is 0 Å². The van der Waals surface area contributed by atoms with E-state index in [1.807, 2.05) is 0 Å². The zero-order chi connectivity index (χ0) is 9.83. The van der Waals surface area contributed by atoms with Gasteiger partial charge in [0.25, 0.3) is 0 Å². The van der Waals surface area contributed by atoms with Crippen molar-refractivity contribution < 1.29 is 21.5 Å². The molecule has 0 amide bonds. The molecule has 1 nitrogen and oxygen atoms in total. The van der Waals surface area contributed by atoms with Crippen molar-refractivity contribution in [2.24, 2.45) is 0 Å². The maximum Gasteiger partial charge on any atom is 0.183 e. The van der Waals surface area contributed by atoms with Crippen molar-refractivity contribution in [3.05, 3.63) is 0 Å². The molecular weight excluding hydrogens is 430 g/mol. The summed E-state index contributed by atoms with van der Waals surface area (Å²) in [5.74, 6) is 0. The Morgan fingerprint density at radius 3 is 1.31 bits per heavy atom. The Balaban J connectivity index is 0. The van der Waals surface area contributed by atoms with Crippen molar-refractivity contribution in [2.75, 3.05) is 26.2 Å². The van der Waals surface area contributed by atoms with E-state index in [4.69, 9.17) is 0 Å². The maximum absolute atomic E-state index is 3.55. The molecule has 0 unspecified atom stereocenters. The van der Waals surface area contributed by atoms with Crippen LogP contribution in [0.1, 0.15) is 20.8 Å². The third kappa shape index (κ3) is 6.88. The topological polar surface area (TPSA) is 0 Å². The Labute approximate surface area is 117 Å². The van der Waals surface area contributed by atoms with E-state index in [-0.39, 0.29) is 19.1 Å². The highest BCUT2D eigenvalue weighted by molar-refractivity contribution is 9.39. The summed E-state index contributed by atoms with van der Waals surface area (Å²) in [7, 11) is 0. The van der Waals surface area contributed by atoms with Gasteiger partial charge in [-0.1, -0.05) is 47.8 Å². The van der Waals surface area contributed by atoms with Crippen LogP contribution in [0.2, 0.25) is 0 Å². The molecule has 0 atom stereocenters. The number of hydrogen-bond acceptors (Lipinski definition) is 0. The fraction of sp³-hybridized carbons (Fsp3) is 1.00. The highest BCUT2D eigenvalue weighted by atomic mass is 80.0. The molecule has 0 heterocycles. The number of halogens is 4. The summed E-state index contributed by atoms with van der Waals surface area (Å²) >= 11 is 10.7. The van der Waals surface area contributed by atoms with Gasteiger partial charge in [-0.15, -0.1) is 0 Å². The smallest absolute Gasteiger partial charge is 0.183 e. The van der Waals surface area contributed by atoms with E-state index in [0.29, 0.717) is 0 Å². The molecule has 0 spiro atoms. The molecule has 0 saturated carbocycles. The van der Waals surface area contributed by atoms with E-state index in [2.05, 4.69) is 68.6 Å². The first-order valence-electron chi connectivity index (χ1n) is 4.31. The Kier molecular flexibility index (Phi) is 9.57. The second-order valence-corrected chi connectivity index (χ2v) is 10.3. The quantitative estimate of drug-likeness (QED) is 0.441. The van der Waals surface area contributed by atoms with E-state index in [1.54, 1.807) is 0 Å². The van der Waals surface area contributed by atoms with Gasteiger partial charge in [-0.05, 0) is 20.8 Å². The van der Waals surface area contributed by atoms with Crippen molar-refractivity contribution in [1.29, 1.82) is 0 Å². The monoisotopic (exact) mass is 443 g/mol.